The molecule has 0 saturated carbocycles. The molecule has 3 rings (SSSR count). The largest absolute Gasteiger partial charge is 0.348 e. The van der Waals surface area contributed by atoms with Crippen molar-refractivity contribution in [3.63, 3.8) is 0 Å². The predicted molar refractivity (Wildman–Crippen MR) is 73.7 cm³/mol. The molecule has 19 heavy (non-hydrogen) atoms. The standard InChI is InChI=1S/C14H14N4O/c19-14-11(8-15-9-13-16-5-6-17-13)7-10-3-1-2-4-12(10)18-14/h1-7,15H,8-9H2,(H,16,17)(H,18,19). The van der Waals surface area contributed by atoms with E-state index in [1.165, 1.54) is 0 Å². The zero-order valence-electron chi connectivity index (χ0n) is 10.3. The van der Waals surface area contributed by atoms with E-state index in [-0.39, 0.29) is 5.56 Å². The second-order valence-electron chi connectivity index (χ2n) is 4.35. The Bertz CT molecular complexity index is 731. The predicted octanol–water partition coefficient (Wildman–Crippen LogP) is 1.54. The minimum absolute atomic E-state index is 0.0503. The van der Waals surface area contributed by atoms with Crippen molar-refractivity contribution in [1.29, 1.82) is 0 Å². The van der Waals surface area contributed by atoms with Gasteiger partial charge in [-0.2, -0.15) is 0 Å². The summed E-state index contributed by atoms with van der Waals surface area (Å²) in [5, 5.41) is 4.23. The van der Waals surface area contributed by atoms with Gasteiger partial charge in [-0.15, -0.1) is 0 Å². The highest BCUT2D eigenvalue weighted by Gasteiger charge is 2.02. The molecule has 96 valence electrons. The fourth-order valence-electron chi connectivity index (χ4n) is 2.03. The van der Waals surface area contributed by atoms with Crippen LogP contribution in [0, 0.1) is 0 Å². The molecule has 0 unspecified atom stereocenters. The average molecular weight is 254 g/mol. The third-order valence-electron chi connectivity index (χ3n) is 2.99. The van der Waals surface area contributed by atoms with Gasteiger partial charge in [0.25, 0.3) is 5.56 Å². The fraction of sp³-hybridized carbons (Fsp3) is 0.143. The second-order valence-corrected chi connectivity index (χ2v) is 4.35. The first-order valence-electron chi connectivity index (χ1n) is 6.13. The number of rotatable bonds is 4. The lowest BCUT2D eigenvalue weighted by Gasteiger charge is -2.04. The van der Waals surface area contributed by atoms with E-state index >= 15 is 0 Å². The molecule has 5 nitrogen and oxygen atoms in total. The number of benzene rings is 1. The Balaban J connectivity index is 1.77. The Kier molecular flexibility index (Phi) is 3.12. The van der Waals surface area contributed by atoms with Gasteiger partial charge in [0.1, 0.15) is 5.82 Å². The van der Waals surface area contributed by atoms with Crippen LogP contribution in [0.25, 0.3) is 10.9 Å². The van der Waals surface area contributed by atoms with Gasteiger partial charge < -0.3 is 15.3 Å². The Hall–Kier alpha value is -2.40. The highest BCUT2D eigenvalue weighted by molar-refractivity contribution is 5.78. The molecule has 0 radical (unpaired) electrons. The van der Waals surface area contributed by atoms with Crippen molar-refractivity contribution in [1.82, 2.24) is 20.3 Å². The van der Waals surface area contributed by atoms with Gasteiger partial charge in [0.2, 0.25) is 0 Å². The topological polar surface area (TPSA) is 73.6 Å². The number of hydrogen-bond acceptors (Lipinski definition) is 3. The Morgan fingerprint density at radius 1 is 1.21 bits per heavy atom. The van der Waals surface area contributed by atoms with E-state index in [2.05, 4.69) is 20.3 Å². The van der Waals surface area contributed by atoms with E-state index in [0.717, 1.165) is 22.3 Å². The van der Waals surface area contributed by atoms with Crippen molar-refractivity contribution < 1.29 is 0 Å². The number of aromatic amines is 2. The summed E-state index contributed by atoms with van der Waals surface area (Å²) in [6, 6.07) is 9.68. The highest BCUT2D eigenvalue weighted by Crippen LogP contribution is 2.09. The lowest BCUT2D eigenvalue weighted by molar-refractivity contribution is 0.665. The molecule has 0 spiro atoms. The fourth-order valence-corrected chi connectivity index (χ4v) is 2.03. The van der Waals surface area contributed by atoms with Crippen LogP contribution >= 0.6 is 0 Å². The van der Waals surface area contributed by atoms with Gasteiger partial charge in [0.15, 0.2) is 0 Å². The van der Waals surface area contributed by atoms with Crippen LogP contribution in [0.15, 0.2) is 47.5 Å². The number of fused-ring (bicyclic) bond motifs is 1. The molecular formula is C14H14N4O. The zero-order valence-corrected chi connectivity index (χ0v) is 10.3. The molecule has 0 saturated heterocycles. The van der Waals surface area contributed by atoms with Crippen molar-refractivity contribution >= 4 is 10.9 Å². The molecule has 0 aliphatic heterocycles. The van der Waals surface area contributed by atoms with Crippen molar-refractivity contribution in [3.8, 4) is 0 Å². The molecule has 0 bridgehead atoms. The summed E-state index contributed by atoms with van der Waals surface area (Å²) in [6.45, 7) is 1.13. The molecule has 1 aromatic carbocycles. The van der Waals surface area contributed by atoms with Gasteiger partial charge >= 0.3 is 0 Å². The number of imidazole rings is 1. The molecule has 2 heterocycles. The molecule has 2 aromatic heterocycles. The molecule has 3 aromatic rings. The van der Waals surface area contributed by atoms with Crippen molar-refractivity contribution in [2.24, 2.45) is 0 Å². The lowest BCUT2D eigenvalue weighted by Crippen LogP contribution is -2.21. The number of nitrogens with one attached hydrogen (secondary N) is 3. The van der Waals surface area contributed by atoms with Crippen LogP contribution in [0.1, 0.15) is 11.4 Å². The highest BCUT2D eigenvalue weighted by atomic mass is 16.1. The minimum Gasteiger partial charge on any atom is -0.348 e. The number of pyridine rings is 1. The van der Waals surface area contributed by atoms with E-state index in [0.29, 0.717) is 13.1 Å². The van der Waals surface area contributed by atoms with Crippen LogP contribution in [-0.4, -0.2) is 15.0 Å². The maximum Gasteiger partial charge on any atom is 0.252 e. The summed E-state index contributed by atoms with van der Waals surface area (Å²) in [5.74, 6) is 0.859. The van der Waals surface area contributed by atoms with E-state index in [9.17, 15) is 4.79 Å². The normalized spacial score (nSPS) is 10.9. The van der Waals surface area contributed by atoms with Gasteiger partial charge in [-0.25, -0.2) is 4.98 Å². The summed E-state index contributed by atoms with van der Waals surface area (Å²) >= 11 is 0. The van der Waals surface area contributed by atoms with Crippen LogP contribution in [0.5, 0.6) is 0 Å². The third kappa shape index (κ3) is 2.56. The lowest BCUT2D eigenvalue weighted by atomic mass is 10.1. The van der Waals surface area contributed by atoms with Gasteiger partial charge in [-0.1, -0.05) is 18.2 Å². The molecule has 5 heteroatoms. The molecule has 0 atom stereocenters. The van der Waals surface area contributed by atoms with Crippen LogP contribution in [0.3, 0.4) is 0 Å². The summed E-state index contributed by atoms with van der Waals surface area (Å²) < 4.78 is 0. The summed E-state index contributed by atoms with van der Waals surface area (Å²) in [6.07, 6.45) is 3.49. The molecule has 3 N–H and O–H groups in total. The van der Waals surface area contributed by atoms with Crippen LogP contribution in [0.2, 0.25) is 0 Å². The number of H-pyrrole nitrogens is 2. The van der Waals surface area contributed by atoms with Crippen molar-refractivity contribution in [3.05, 3.63) is 64.5 Å². The monoisotopic (exact) mass is 254 g/mol. The Morgan fingerprint density at radius 2 is 2.11 bits per heavy atom. The van der Waals surface area contributed by atoms with E-state index in [1.54, 1.807) is 12.4 Å². The maximum atomic E-state index is 11.9. The van der Waals surface area contributed by atoms with Gasteiger partial charge in [0, 0.05) is 30.0 Å². The van der Waals surface area contributed by atoms with Gasteiger partial charge in [-0.05, 0) is 17.5 Å². The summed E-state index contributed by atoms with van der Waals surface area (Å²) in [7, 11) is 0. The first-order chi connectivity index (χ1) is 9.33. The Labute approximate surface area is 109 Å². The van der Waals surface area contributed by atoms with Crippen molar-refractivity contribution in [2.45, 2.75) is 13.1 Å². The van der Waals surface area contributed by atoms with Crippen molar-refractivity contribution in [2.75, 3.05) is 0 Å². The third-order valence-corrected chi connectivity index (χ3v) is 2.99. The molecule has 0 fully saturated rings. The average Bonchev–Trinajstić information content (AvgIpc) is 2.92. The second kappa shape index (κ2) is 5.07. The van der Waals surface area contributed by atoms with Crippen LogP contribution in [0.4, 0.5) is 0 Å². The number of para-hydroxylation sites is 1. The zero-order chi connectivity index (χ0) is 13.1. The summed E-state index contributed by atoms with van der Waals surface area (Å²) in [4.78, 5) is 21.9. The number of nitrogens with zero attached hydrogens (tertiary/aromatic N) is 1. The van der Waals surface area contributed by atoms with E-state index < -0.39 is 0 Å². The summed E-state index contributed by atoms with van der Waals surface area (Å²) in [5.41, 5.74) is 1.54. The first kappa shape index (κ1) is 11.7. The maximum absolute atomic E-state index is 11.9. The molecule has 0 amide bonds. The Morgan fingerprint density at radius 3 is 2.95 bits per heavy atom. The number of hydrogen-bond donors (Lipinski definition) is 3. The number of aromatic nitrogens is 3. The molecule has 0 aliphatic rings. The molecular weight excluding hydrogens is 240 g/mol. The smallest absolute Gasteiger partial charge is 0.252 e. The van der Waals surface area contributed by atoms with E-state index in [1.807, 2.05) is 30.3 Å². The van der Waals surface area contributed by atoms with Crippen LogP contribution in [-0.2, 0) is 13.1 Å². The first-order valence-corrected chi connectivity index (χ1v) is 6.13. The van der Waals surface area contributed by atoms with Crippen LogP contribution < -0.4 is 10.9 Å². The molecule has 0 aliphatic carbocycles. The quantitative estimate of drug-likeness (QED) is 0.661. The minimum atomic E-state index is -0.0503. The SMILES string of the molecule is O=c1[nH]c2ccccc2cc1CNCc1ncc[nH]1. The van der Waals surface area contributed by atoms with Gasteiger partial charge in [-0.3, -0.25) is 4.79 Å². The van der Waals surface area contributed by atoms with E-state index in [4.69, 9.17) is 0 Å². The van der Waals surface area contributed by atoms with Gasteiger partial charge in [0.05, 0.1) is 6.54 Å².